The molecular weight excluding hydrogens is 226 g/mol. The quantitative estimate of drug-likeness (QED) is 0.720. The predicted molar refractivity (Wildman–Crippen MR) is 78.4 cm³/mol. The number of aliphatic imine (C=N–C) groups is 2. The maximum Gasteiger partial charge on any atom is 0.134 e. The van der Waals surface area contributed by atoms with E-state index >= 15 is 0 Å². The molecule has 0 saturated carbocycles. The third kappa shape index (κ3) is 3.86. The Hall–Kier alpha value is -2.43. The summed E-state index contributed by atoms with van der Waals surface area (Å²) in [5, 5.41) is 0. The van der Waals surface area contributed by atoms with Crippen molar-refractivity contribution in [3.05, 3.63) is 43.0 Å². The molecule has 5 nitrogen and oxygen atoms in total. The largest absolute Gasteiger partial charge is 0.334 e. The number of anilines is 2. The normalized spacial score (nSPS) is 10.8. The van der Waals surface area contributed by atoms with E-state index in [0.29, 0.717) is 0 Å². The lowest BCUT2D eigenvalue weighted by Crippen LogP contribution is -2.14. The Morgan fingerprint density at radius 3 is 1.83 bits per heavy atom. The van der Waals surface area contributed by atoms with Gasteiger partial charge in [-0.1, -0.05) is 6.07 Å². The van der Waals surface area contributed by atoms with Crippen LogP contribution >= 0.6 is 0 Å². The Balaban J connectivity index is 2.91. The Morgan fingerprint density at radius 2 is 1.44 bits per heavy atom. The van der Waals surface area contributed by atoms with Gasteiger partial charge in [0.2, 0.25) is 0 Å². The Labute approximate surface area is 108 Å². The van der Waals surface area contributed by atoms with E-state index in [2.05, 4.69) is 28.4 Å². The molecule has 0 amide bonds. The second-order valence-electron chi connectivity index (χ2n) is 3.54. The highest BCUT2D eigenvalue weighted by molar-refractivity contribution is 5.50. The summed E-state index contributed by atoms with van der Waals surface area (Å²) in [5.74, 6) is 1.64. The highest BCUT2D eigenvalue weighted by atomic mass is 15.2. The molecule has 0 unspecified atom stereocenters. The minimum atomic E-state index is 0.819. The van der Waals surface area contributed by atoms with Crippen LogP contribution in [-0.4, -0.2) is 32.5 Å². The summed E-state index contributed by atoms with van der Waals surface area (Å²) in [5.41, 5.74) is 0. The maximum atomic E-state index is 4.50. The number of hydrogen-bond acceptors (Lipinski definition) is 5. The Bertz CT molecular complexity index is 425. The van der Waals surface area contributed by atoms with Crippen molar-refractivity contribution in [3.8, 4) is 0 Å². The van der Waals surface area contributed by atoms with Gasteiger partial charge in [0.1, 0.15) is 11.6 Å². The van der Waals surface area contributed by atoms with Gasteiger partial charge in [0, 0.05) is 38.9 Å². The van der Waals surface area contributed by atoms with Crippen LogP contribution in [0.2, 0.25) is 0 Å². The molecule has 1 heterocycles. The SMILES string of the molecule is C=N/C=C\N(C)c1cccc(N(C)/C=C\N=C)n1. The third-order valence-electron chi connectivity index (χ3n) is 2.23. The summed E-state index contributed by atoms with van der Waals surface area (Å²) >= 11 is 0. The van der Waals surface area contributed by atoms with E-state index in [1.807, 2.05) is 42.1 Å². The lowest BCUT2D eigenvalue weighted by Gasteiger charge is -2.17. The van der Waals surface area contributed by atoms with Gasteiger partial charge in [-0.25, -0.2) is 4.98 Å². The minimum Gasteiger partial charge on any atom is -0.334 e. The molecule has 1 aromatic heterocycles. The molecule has 0 spiro atoms. The summed E-state index contributed by atoms with van der Waals surface area (Å²) in [6.45, 7) is 6.78. The summed E-state index contributed by atoms with van der Waals surface area (Å²) in [6, 6.07) is 5.77. The smallest absolute Gasteiger partial charge is 0.134 e. The number of hydrogen-bond donors (Lipinski definition) is 0. The van der Waals surface area contributed by atoms with E-state index < -0.39 is 0 Å². The molecule has 94 valence electrons. The first kappa shape index (κ1) is 13.6. The van der Waals surface area contributed by atoms with E-state index in [0.717, 1.165) is 11.6 Å². The van der Waals surface area contributed by atoms with Crippen LogP contribution in [0, 0.1) is 0 Å². The minimum absolute atomic E-state index is 0.819. The first-order valence-electron chi connectivity index (χ1n) is 5.36. The van der Waals surface area contributed by atoms with Crippen molar-refractivity contribution in [2.24, 2.45) is 9.98 Å². The predicted octanol–water partition coefficient (Wildman–Crippen LogP) is 2.30. The zero-order valence-corrected chi connectivity index (χ0v) is 10.7. The molecular formula is C13H17N5. The summed E-state index contributed by atoms with van der Waals surface area (Å²) < 4.78 is 0. The lowest BCUT2D eigenvalue weighted by atomic mass is 10.4. The third-order valence-corrected chi connectivity index (χ3v) is 2.23. The van der Waals surface area contributed by atoms with Crippen LogP contribution in [0.15, 0.2) is 53.0 Å². The highest BCUT2D eigenvalue weighted by Crippen LogP contribution is 2.16. The van der Waals surface area contributed by atoms with Crippen molar-refractivity contribution >= 4 is 25.1 Å². The highest BCUT2D eigenvalue weighted by Gasteiger charge is 2.02. The number of pyridine rings is 1. The Kier molecular flexibility index (Phi) is 5.31. The van der Waals surface area contributed by atoms with Crippen LogP contribution in [0.3, 0.4) is 0 Å². The molecule has 0 atom stereocenters. The van der Waals surface area contributed by atoms with Crippen LogP contribution in [0.5, 0.6) is 0 Å². The van der Waals surface area contributed by atoms with Gasteiger partial charge in [0.05, 0.1) is 0 Å². The molecule has 0 N–H and O–H groups in total. The zero-order valence-electron chi connectivity index (χ0n) is 10.7. The van der Waals surface area contributed by atoms with Gasteiger partial charge in [-0.3, -0.25) is 9.98 Å². The van der Waals surface area contributed by atoms with Crippen molar-refractivity contribution in [2.45, 2.75) is 0 Å². The van der Waals surface area contributed by atoms with Crippen LogP contribution in [0.25, 0.3) is 0 Å². The van der Waals surface area contributed by atoms with Gasteiger partial charge in [-0.05, 0) is 25.6 Å². The molecule has 1 aromatic rings. The molecule has 0 aromatic carbocycles. The lowest BCUT2D eigenvalue weighted by molar-refractivity contribution is 1.07. The first-order valence-corrected chi connectivity index (χ1v) is 5.36. The van der Waals surface area contributed by atoms with Crippen molar-refractivity contribution in [1.29, 1.82) is 0 Å². The van der Waals surface area contributed by atoms with E-state index in [1.165, 1.54) is 0 Å². The van der Waals surface area contributed by atoms with Crippen LogP contribution in [0.1, 0.15) is 0 Å². The van der Waals surface area contributed by atoms with Crippen LogP contribution in [0.4, 0.5) is 11.6 Å². The average molecular weight is 243 g/mol. The molecule has 0 bridgehead atoms. The van der Waals surface area contributed by atoms with Crippen molar-refractivity contribution in [1.82, 2.24) is 4.98 Å². The van der Waals surface area contributed by atoms with Gasteiger partial charge >= 0.3 is 0 Å². The zero-order chi connectivity index (χ0) is 13.4. The monoisotopic (exact) mass is 243 g/mol. The molecule has 0 aliphatic rings. The topological polar surface area (TPSA) is 44.1 Å². The van der Waals surface area contributed by atoms with Crippen molar-refractivity contribution < 1.29 is 0 Å². The van der Waals surface area contributed by atoms with Crippen molar-refractivity contribution in [2.75, 3.05) is 23.9 Å². The molecule has 0 radical (unpaired) electrons. The number of nitrogens with zero attached hydrogens (tertiary/aromatic N) is 5. The molecule has 1 rings (SSSR count). The molecule has 18 heavy (non-hydrogen) atoms. The van der Waals surface area contributed by atoms with E-state index in [1.54, 1.807) is 24.8 Å². The fourth-order valence-electron chi connectivity index (χ4n) is 1.25. The summed E-state index contributed by atoms with van der Waals surface area (Å²) in [7, 11) is 3.80. The Morgan fingerprint density at radius 1 is 1.00 bits per heavy atom. The van der Waals surface area contributed by atoms with Gasteiger partial charge in [-0.15, -0.1) is 0 Å². The van der Waals surface area contributed by atoms with Crippen molar-refractivity contribution in [3.63, 3.8) is 0 Å². The van der Waals surface area contributed by atoms with E-state index in [4.69, 9.17) is 0 Å². The maximum absolute atomic E-state index is 4.50. The van der Waals surface area contributed by atoms with Gasteiger partial charge in [0.15, 0.2) is 0 Å². The van der Waals surface area contributed by atoms with E-state index in [-0.39, 0.29) is 0 Å². The molecule has 5 heteroatoms. The average Bonchev–Trinajstić information content (AvgIpc) is 2.42. The second-order valence-corrected chi connectivity index (χ2v) is 3.54. The standard InChI is InChI=1S/C13H17N5/c1-14-8-10-17(3)12-6-5-7-13(16-12)18(4)11-9-15-2/h5-11H,1-2H2,3-4H3/b10-8-,11-9-. The number of aromatic nitrogens is 1. The second kappa shape index (κ2) is 7.01. The summed E-state index contributed by atoms with van der Waals surface area (Å²) in [6.07, 6.45) is 6.81. The summed E-state index contributed by atoms with van der Waals surface area (Å²) in [4.78, 5) is 15.5. The van der Waals surface area contributed by atoms with Crippen LogP contribution in [-0.2, 0) is 0 Å². The van der Waals surface area contributed by atoms with E-state index in [9.17, 15) is 0 Å². The van der Waals surface area contributed by atoms with Gasteiger partial charge in [0.25, 0.3) is 0 Å². The molecule has 0 aliphatic carbocycles. The van der Waals surface area contributed by atoms with Crippen LogP contribution < -0.4 is 9.80 Å². The molecule has 0 aliphatic heterocycles. The fraction of sp³-hybridized carbons (Fsp3) is 0.154. The fourth-order valence-corrected chi connectivity index (χ4v) is 1.25. The van der Waals surface area contributed by atoms with Gasteiger partial charge in [-0.2, -0.15) is 0 Å². The number of rotatable bonds is 6. The molecule has 0 fully saturated rings. The molecule has 0 saturated heterocycles. The first-order chi connectivity index (χ1) is 8.69. The van der Waals surface area contributed by atoms with Gasteiger partial charge < -0.3 is 9.80 Å².